The Hall–Kier alpha value is -1.42. The molecule has 1 aromatic carbocycles. The van der Waals surface area contributed by atoms with E-state index in [2.05, 4.69) is 4.72 Å². The van der Waals surface area contributed by atoms with Gasteiger partial charge in [-0.2, -0.15) is 5.26 Å². The van der Waals surface area contributed by atoms with Crippen molar-refractivity contribution >= 4 is 10.0 Å². The number of sulfonamides is 1. The average Bonchev–Trinajstić information content (AvgIpc) is 2.27. The molecular formula is C11H12N2O3S. The number of aliphatic hydroxyl groups is 1. The van der Waals surface area contributed by atoms with Crippen LogP contribution in [0.3, 0.4) is 0 Å². The topological polar surface area (TPSA) is 90.2 Å². The Balaban J connectivity index is 2.12. The summed E-state index contributed by atoms with van der Waals surface area (Å²) in [5, 5.41) is 17.7. The fraction of sp³-hybridized carbons (Fsp3) is 0.364. The molecule has 5 nitrogen and oxygen atoms in total. The summed E-state index contributed by atoms with van der Waals surface area (Å²) in [6, 6.07) is 7.46. The van der Waals surface area contributed by atoms with Gasteiger partial charge in [0.1, 0.15) is 0 Å². The number of nitrogens with zero attached hydrogens (tertiary/aromatic N) is 1. The van der Waals surface area contributed by atoms with Gasteiger partial charge < -0.3 is 5.11 Å². The molecule has 0 unspecified atom stereocenters. The zero-order valence-electron chi connectivity index (χ0n) is 9.00. The van der Waals surface area contributed by atoms with E-state index in [-0.39, 0.29) is 10.9 Å². The first-order valence-electron chi connectivity index (χ1n) is 5.22. The fourth-order valence-electron chi connectivity index (χ4n) is 1.68. The van der Waals surface area contributed by atoms with E-state index in [1.54, 1.807) is 0 Å². The molecule has 17 heavy (non-hydrogen) atoms. The van der Waals surface area contributed by atoms with Crippen molar-refractivity contribution in [3.63, 3.8) is 0 Å². The summed E-state index contributed by atoms with van der Waals surface area (Å²) in [5.74, 6) is 0. The summed E-state index contributed by atoms with van der Waals surface area (Å²) in [6.45, 7) is 0. The number of aliphatic hydroxyl groups excluding tert-OH is 1. The van der Waals surface area contributed by atoms with Crippen LogP contribution in [0.5, 0.6) is 0 Å². The van der Waals surface area contributed by atoms with Crippen LogP contribution in [0.1, 0.15) is 18.4 Å². The van der Waals surface area contributed by atoms with E-state index in [0.29, 0.717) is 18.4 Å². The Morgan fingerprint density at radius 1 is 1.29 bits per heavy atom. The maximum Gasteiger partial charge on any atom is 0.240 e. The Kier molecular flexibility index (Phi) is 3.15. The quantitative estimate of drug-likeness (QED) is 0.812. The van der Waals surface area contributed by atoms with Crippen molar-refractivity contribution in [2.24, 2.45) is 0 Å². The molecule has 90 valence electrons. The third kappa shape index (κ3) is 2.64. The van der Waals surface area contributed by atoms with Gasteiger partial charge in [-0.1, -0.05) is 0 Å². The van der Waals surface area contributed by atoms with Crippen LogP contribution in [0.2, 0.25) is 0 Å². The predicted molar refractivity (Wildman–Crippen MR) is 60.5 cm³/mol. The van der Waals surface area contributed by atoms with Crippen molar-refractivity contribution in [2.75, 3.05) is 0 Å². The number of nitriles is 1. The van der Waals surface area contributed by atoms with Crippen molar-refractivity contribution in [1.29, 1.82) is 5.26 Å². The van der Waals surface area contributed by atoms with Gasteiger partial charge in [0.2, 0.25) is 10.0 Å². The first-order valence-corrected chi connectivity index (χ1v) is 6.70. The van der Waals surface area contributed by atoms with Crippen LogP contribution < -0.4 is 4.72 Å². The fourth-order valence-corrected chi connectivity index (χ4v) is 2.94. The number of hydrogen-bond donors (Lipinski definition) is 2. The van der Waals surface area contributed by atoms with Crippen LogP contribution in [0.15, 0.2) is 29.2 Å². The SMILES string of the molecule is N#Cc1ccc(S(=O)(=O)NC2CC(O)C2)cc1. The van der Waals surface area contributed by atoms with E-state index in [1.807, 2.05) is 6.07 Å². The van der Waals surface area contributed by atoms with E-state index < -0.39 is 16.1 Å². The Labute approximate surface area is 99.7 Å². The van der Waals surface area contributed by atoms with Crippen LogP contribution in [0, 0.1) is 11.3 Å². The molecule has 0 radical (unpaired) electrons. The van der Waals surface area contributed by atoms with Gasteiger partial charge in [0, 0.05) is 6.04 Å². The third-order valence-corrected chi connectivity index (χ3v) is 4.27. The first-order chi connectivity index (χ1) is 8.01. The summed E-state index contributed by atoms with van der Waals surface area (Å²) in [5.41, 5.74) is 0.419. The molecule has 1 fully saturated rings. The van der Waals surface area contributed by atoms with E-state index >= 15 is 0 Å². The molecular weight excluding hydrogens is 240 g/mol. The van der Waals surface area contributed by atoms with Crippen molar-refractivity contribution in [3.05, 3.63) is 29.8 Å². The van der Waals surface area contributed by atoms with Crippen LogP contribution in [0.4, 0.5) is 0 Å². The molecule has 0 saturated heterocycles. The molecule has 1 aromatic rings. The van der Waals surface area contributed by atoms with E-state index in [1.165, 1.54) is 24.3 Å². The van der Waals surface area contributed by atoms with E-state index in [0.717, 1.165) is 0 Å². The molecule has 2 rings (SSSR count). The standard InChI is InChI=1S/C11H12N2O3S/c12-7-8-1-3-11(4-2-8)17(15,16)13-9-5-10(14)6-9/h1-4,9-10,13-14H,5-6H2. The van der Waals surface area contributed by atoms with Crippen molar-refractivity contribution < 1.29 is 13.5 Å². The van der Waals surface area contributed by atoms with Crippen LogP contribution in [-0.2, 0) is 10.0 Å². The minimum Gasteiger partial charge on any atom is -0.393 e. The number of nitrogens with one attached hydrogen (secondary N) is 1. The van der Waals surface area contributed by atoms with Gasteiger partial charge in [0.25, 0.3) is 0 Å². The van der Waals surface area contributed by atoms with Gasteiger partial charge in [-0.25, -0.2) is 13.1 Å². The number of hydrogen-bond acceptors (Lipinski definition) is 4. The molecule has 0 aliphatic heterocycles. The number of benzene rings is 1. The smallest absolute Gasteiger partial charge is 0.240 e. The molecule has 1 saturated carbocycles. The second kappa shape index (κ2) is 4.45. The van der Waals surface area contributed by atoms with Gasteiger partial charge >= 0.3 is 0 Å². The summed E-state index contributed by atoms with van der Waals surface area (Å²) >= 11 is 0. The molecule has 2 N–H and O–H groups in total. The van der Waals surface area contributed by atoms with Gasteiger partial charge in [-0.3, -0.25) is 0 Å². The maximum atomic E-state index is 11.9. The lowest BCUT2D eigenvalue weighted by molar-refractivity contribution is 0.0712. The molecule has 0 amide bonds. The van der Waals surface area contributed by atoms with Crippen LogP contribution in [0.25, 0.3) is 0 Å². The van der Waals surface area contributed by atoms with Gasteiger partial charge in [-0.15, -0.1) is 0 Å². The minimum absolute atomic E-state index is 0.137. The molecule has 0 spiro atoms. The van der Waals surface area contributed by atoms with E-state index in [9.17, 15) is 8.42 Å². The van der Waals surface area contributed by atoms with Crippen LogP contribution in [-0.4, -0.2) is 25.7 Å². The molecule has 1 aliphatic rings. The Morgan fingerprint density at radius 3 is 2.35 bits per heavy atom. The molecule has 0 bridgehead atoms. The lowest BCUT2D eigenvalue weighted by Crippen LogP contribution is -2.46. The summed E-state index contributed by atoms with van der Waals surface area (Å²) < 4.78 is 26.2. The summed E-state index contributed by atoms with van der Waals surface area (Å²) in [4.78, 5) is 0.137. The molecule has 0 aromatic heterocycles. The third-order valence-electron chi connectivity index (χ3n) is 2.73. The molecule has 0 heterocycles. The zero-order chi connectivity index (χ0) is 12.5. The molecule has 0 atom stereocenters. The molecule has 6 heteroatoms. The van der Waals surface area contributed by atoms with Gasteiger partial charge in [-0.05, 0) is 37.1 Å². The van der Waals surface area contributed by atoms with Gasteiger partial charge in [0.15, 0.2) is 0 Å². The largest absolute Gasteiger partial charge is 0.393 e. The first kappa shape index (κ1) is 12.0. The minimum atomic E-state index is -3.54. The lowest BCUT2D eigenvalue weighted by Gasteiger charge is -2.31. The Bertz CT molecular complexity index is 539. The summed E-state index contributed by atoms with van der Waals surface area (Å²) in [7, 11) is -3.54. The highest BCUT2D eigenvalue weighted by Gasteiger charge is 2.31. The second-order valence-electron chi connectivity index (χ2n) is 4.08. The van der Waals surface area contributed by atoms with E-state index in [4.69, 9.17) is 10.4 Å². The number of rotatable bonds is 3. The maximum absolute atomic E-state index is 11.9. The van der Waals surface area contributed by atoms with Crippen molar-refractivity contribution in [2.45, 2.75) is 29.9 Å². The predicted octanol–water partition coefficient (Wildman–Crippen LogP) is 0.360. The van der Waals surface area contributed by atoms with Gasteiger partial charge in [0.05, 0.1) is 22.6 Å². The second-order valence-corrected chi connectivity index (χ2v) is 5.79. The van der Waals surface area contributed by atoms with Crippen molar-refractivity contribution in [1.82, 2.24) is 4.72 Å². The zero-order valence-corrected chi connectivity index (χ0v) is 9.81. The highest BCUT2D eigenvalue weighted by molar-refractivity contribution is 7.89. The highest BCUT2D eigenvalue weighted by atomic mass is 32.2. The van der Waals surface area contributed by atoms with Crippen LogP contribution >= 0.6 is 0 Å². The highest BCUT2D eigenvalue weighted by Crippen LogP contribution is 2.22. The normalized spacial score (nSPS) is 23.8. The van der Waals surface area contributed by atoms with Crippen molar-refractivity contribution in [3.8, 4) is 6.07 Å². The summed E-state index contributed by atoms with van der Waals surface area (Å²) in [6.07, 6.45) is 0.508. The average molecular weight is 252 g/mol. The molecule has 1 aliphatic carbocycles. The Morgan fingerprint density at radius 2 is 1.88 bits per heavy atom. The lowest BCUT2D eigenvalue weighted by atomic mass is 9.91. The monoisotopic (exact) mass is 252 g/mol.